The summed E-state index contributed by atoms with van der Waals surface area (Å²) in [5.41, 5.74) is 0.967. The quantitative estimate of drug-likeness (QED) is 0.880. The monoisotopic (exact) mass is 373 g/mol. The number of piperidine rings is 1. The Morgan fingerprint density at radius 1 is 1.08 bits per heavy atom. The van der Waals surface area contributed by atoms with Gasteiger partial charge in [-0.15, -0.1) is 0 Å². The first kappa shape index (κ1) is 17.5. The van der Waals surface area contributed by atoms with Crippen molar-refractivity contribution in [1.82, 2.24) is 14.2 Å². The van der Waals surface area contributed by atoms with Crippen LogP contribution in [0.5, 0.6) is 0 Å². The molecule has 0 saturated carbocycles. The van der Waals surface area contributed by atoms with Gasteiger partial charge in [0.2, 0.25) is 10.0 Å². The summed E-state index contributed by atoms with van der Waals surface area (Å²) in [6.45, 7) is 2.02. The van der Waals surface area contributed by atoms with Gasteiger partial charge in [0, 0.05) is 37.3 Å². The normalized spacial score (nSPS) is 25.7. The summed E-state index contributed by atoms with van der Waals surface area (Å²) in [7, 11) is -1.51. The lowest BCUT2D eigenvalue weighted by atomic mass is 9.78. The first-order chi connectivity index (χ1) is 12.5. The van der Waals surface area contributed by atoms with E-state index in [1.165, 1.54) is 0 Å². The van der Waals surface area contributed by atoms with Gasteiger partial charge in [-0.1, -0.05) is 24.3 Å². The number of rotatable bonds is 4. The predicted octanol–water partition coefficient (Wildman–Crippen LogP) is 1.42. The van der Waals surface area contributed by atoms with E-state index in [-0.39, 0.29) is 29.0 Å². The lowest BCUT2D eigenvalue weighted by Gasteiger charge is -2.46. The van der Waals surface area contributed by atoms with E-state index in [1.807, 2.05) is 10.6 Å². The summed E-state index contributed by atoms with van der Waals surface area (Å²) in [6, 6.07) is 13.5. The van der Waals surface area contributed by atoms with Gasteiger partial charge in [-0.25, -0.2) is 13.1 Å². The highest BCUT2D eigenvalue weighted by Gasteiger charge is 2.39. The number of fused-ring (bicyclic) bond motifs is 4. The van der Waals surface area contributed by atoms with Crippen LogP contribution in [0.25, 0.3) is 0 Å². The second-order valence-corrected chi connectivity index (χ2v) is 9.07. The number of aromatic nitrogens is 1. The highest BCUT2D eigenvalue weighted by atomic mass is 32.2. The van der Waals surface area contributed by atoms with E-state index in [2.05, 4.69) is 16.7 Å². The maximum Gasteiger partial charge on any atom is 0.251 e. The Hall–Kier alpha value is -1.96. The molecule has 3 heterocycles. The van der Waals surface area contributed by atoms with Crippen LogP contribution in [-0.4, -0.2) is 44.6 Å². The second kappa shape index (κ2) is 6.64. The van der Waals surface area contributed by atoms with Crippen LogP contribution in [0.3, 0.4) is 0 Å². The number of nitrogens with one attached hydrogen (secondary N) is 1. The van der Waals surface area contributed by atoms with Gasteiger partial charge in [0.25, 0.3) is 5.56 Å². The molecule has 1 fully saturated rings. The van der Waals surface area contributed by atoms with Gasteiger partial charge in [-0.05, 0) is 37.6 Å². The minimum absolute atomic E-state index is 0.0503. The van der Waals surface area contributed by atoms with E-state index >= 15 is 0 Å². The minimum atomic E-state index is -3.59. The van der Waals surface area contributed by atoms with E-state index in [9.17, 15) is 13.2 Å². The van der Waals surface area contributed by atoms with Gasteiger partial charge in [0.05, 0.1) is 10.9 Å². The Bertz CT molecular complexity index is 955. The Labute approximate surface area is 153 Å². The summed E-state index contributed by atoms with van der Waals surface area (Å²) >= 11 is 0. The first-order valence-electron chi connectivity index (χ1n) is 8.90. The zero-order chi connectivity index (χ0) is 18.3. The molecule has 6 nitrogen and oxygen atoms in total. The Kier molecular flexibility index (Phi) is 4.46. The number of nitrogens with zero attached hydrogens (tertiary/aromatic N) is 2. The van der Waals surface area contributed by atoms with Crippen LogP contribution >= 0.6 is 0 Å². The molecule has 2 bridgehead atoms. The molecule has 3 atom stereocenters. The van der Waals surface area contributed by atoms with Gasteiger partial charge in [0.15, 0.2) is 0 Å². The summed E-state index contributed by atoms with van der Waals surface area (Å²) < 4.78 is 29.7. The van der Waals surface area contributed by atoms with Gasteiger partial charge < -0.3 is 9.47 Å². The Morgan fingerprint density at radius 2 is 1.85 bits per heavy atom. The molecule has 1 aromatic heterocycles. The van der Waals surface area contributed by atoms with E-state index in [1.54, 1.807) is 42.5 Å². The van der Waals surface area contributed by atoms with Crippen LogP contribution in [0.4, 0.5) is 0 Å². The number of sulfonamides is 1. The molecule has 2 aliphatic heterocycles. The van der Waals surface area contributed by atoms with Crippen molar-refractivity contribution in [2.45, 2.75) is 23.3 Å². The molecule has 138 valence electrons. The number of benzene rings is 1. The predicted molar refractivity (Wildman–Crippen MR) is 99.7 cm³/mol. The van der Waals surface area contributed by atoms with Crippen molar-refractivity contribution in [2.24, 2.45) is 5.92 Å². The smallest absolute Gasteiger partial charge is 0.251 e. The molecule has 1 saturated heterocycles. The number of likely N-dealkylation sites (N-methyl/N-ethyl adjacent to an activating group) is 1. The molecule has 0 spiro atoms. The van der Waals surface area contributed by atoms with Crippen molar-refractivity contribution >= 4 is 10.0 Å². The van der Waals surface area contributed by atoms with Crippen molar-refractivity contribution in [1.29, 1.82) is 0 Å². The number of likely N-dealkylation sites (tertiary alicyclic amines) is 1. The van der Waals surface area contributed by atoms with Crippen LogP contribution in [0.2, 0.25) is 0 Å². The van der Waals surface area contributed by atoms with E-state index in [4.69, 9.17) is 0 Å². The Balaban J connectivity index is 1.66. The molecule has 0 unspecified atom stereocenters. The van der Waals surface area contributed by atoms with Crippen LogP contribution in [-0.2, 0) is 10.0 Å². The highest BCUT2D eigenvalue weighted by Crippen LogP contribution is 2.40. The number of pyridine rings is 1. The molecule has 0 amide bonds. The van der Waals surface area contributed by atoms with Crippen molar-refractivity contribution in [2.75, 3.05) is 26.7 Å². The molecule has 7 heteroatoms. The van der Waals surface area contributed by atoms with Gasteiger partial charge in [0.1, 0.15) is 0 Å². The number of hydrogen-bond acceptors (Lipinski definition) is 4. The van der Waals surface area contributed by atoms with Crippen molar-refractivity contribution in [3.05, 3.63) is 64.6 Å². The third-order valence-electron chi connectivity index (χ3n) is 5.52. The summed E-state index contributed by atoms with van der Waals surface area (Å²) in [4.78, 5) is 15.1. The molecule has 1 N–H and O–H groups in total. The van der Waals surface area contributed by atoms with Crippen molar-refractivity contribution in [3.63, 3.8) is 0 Å². The molecule has 4 rings (SSSR count). The molecule has 0 radical (unpaired) electrons. The zero-order valence-corrected chi connectivity index (χ0v) is 15.5. The lowest BCUT2D eigenvalue weighted by molar-refractivity contribution is 0.111. The summed E-state index contributed by atoms with van der Waals surface area (Å²) in [6.07, 6.45) is 0.992. The minimum Gasteiger partial charge on any atom is -0.308 e. The molecule has 2 aromatic rings. The molecular formula is C19H23N3O3S. The molecule has 0 aliphatic carbocycles. The third-order valence-corrected chi connectivity index (χ3v) is 6.96. The first-order valence-corrected chi connectivity index (χ1v) is 10.4. The van der Waals surface area contributed by atoms with E-state index in [0.717, 1.165) is 25.2 Å². The van der Waals surface area contributed by atoms with Gasteiger partial charge in [-0.2, -0.15) is 0 Å². The van der Waals surface area contributed by atoms with Crippen LogP contribution in [0, 0.1) is 5.92 Å². The second-order valence-electron chi connectivity index (χ2n) is 7.31. The SMILES string of the molecule is CN1C[C@H]2C[C@@H](C1)[C@H](CNS(=O)(=O)c1ccccc1)n1c2cccc1=O. The number of hydrogen-bond donors (Lipinski definition) is 1. The maximum absolute atomic E-state index is 12.6. The fraction of sp³-hybridized carbons (Fsp3) is 0.421. The fourth-order valence-corrected chi connectivity index (χ4v) is 5.48. The molecule has 2 aliphatic rings. The highest BCUT2D eigenvalue weighted by molar-refractivity contribution is 7.89. The summed E-state index contributed by atoms with van der Waals surface area (Å²) in [5.74, 6) is 0.583. The molecule has 1 aromatic carbocycles. The van der Waals surface area contributed by atoms with Gasteiger partial charge in [-0.3, -0.25) is 4.79 Å². The third kappa shape index (κ3) is 3.11. The zero-order valence-electron chi connectivity index (χ0n) is 14.7. The van der Waals surface area contributed by atoms with E-state index in [0.29, 0.717) is 5.92 Å². The van der Waals surface area contributed by atoms with Crippen molar-refractivity contribution in [3.8, 4) is 0 Å². The van der Waals surface area contributed by atoms with Crippen LogP contribution < -0.4 is 10.3 Å². The summed E-state index contributed by atoms with van der Waals surface area (Å²) in [5, 5.41) is 0. The standard InChI is InChI=1S/C19H23N3O3S/c1-21-12-14-10-15(13-21)18(22-17(14)8-5-9-19(22)23)11-20-26(24,25)16-6-3-2-4-7-16/h2-9,14-15,18,20H,10-13H2,1H3/t14-,15+,18+/m1/s1. The van der Waals surface area contributed by atoms with Crippen LogP contribution in [0.1, 0.15) is 24.1 Å². The molecule has 26 heavy (non-hydrogen) atoms. The Morgan fingerprint density at radius 3 is 2.62 bits per heavy atom. The van der Waals surface area contributed by atoms with Crippen molar-refractivity contribution < 1.29 is 8.42 Å². The largest absolute Gasteiger partial charge is 0.308 e. The maximum atomic E-state index is 12.6. The topological polar surface area (TPSA) is 71.4 Å². The lowest BCUT2D eigenvalue weighted by Crippen LogP contribution is -2.51. The average molecular weight is 373 g/mol. The van der Waals surface area contributed by atoms with E-state index < -0.39 is 10.0 Å². The van der Waals surface area contributed by atoms with Crippen LogP contribution in [0.15, 0.2) is 58.2 Å². The fourth-order valence-electron chi connectivity index (χ4n) is 4.41. The molecular weight excluding hydrogens is 350 g/mol. The average Bonchev–Trinajstić information content (AvgIpc) is 2.62. The van der Waals surface area contributed by atoms with Gasteiger partial charge >= 0.3 is 0 Å².